The molecule has 0 spiro atoms. The molecule has 0 saturated carbocycles. The Morgan fingerprint density at radius 2 is 2.10 bits per heavy atom. The Hall–Kier alpha value is 0.700. The second kappa shape index (κ2) is 2.63. The van der Waals surface area contributed by atoms with Gasteiger partial charge in [-0.2, -0.15) is 0 Å². The number of rotatable bonds is 0. The van der Waals surface area contributed by atoms with E-state index in [1.807, 2.05) is 0 Å². The van der Waals surface area contributed by atoms with E-state index in [1.54, 1.807) is 11.5 Å². The molecule has 2 heteroatoms. The lowest BCUT2D eigenvalue weighted by Crippen LogP contribution is -2.33. The minimum absolute atomic E-state index is 0.734. The summed E-state index contributed by atoms with van der Waals surface area (Å²) in [6.45, 7) is 2.49. The van der Waals surface area contributed by atoms with Gasteiger partial charge >= 0.3 is 0 Å². The first-order valence-corrected chi connectivity index (χ1v) is 6.68. The molecule has 2 aliphatic rings. The molecule has 58 valence electrons. The Bertz CT molecular complexity index is 135. The van der Waals surface area contributed by atoms with Crippen LogP contribution in [0.5, 0.6) is 0 Å². The Kier molecular flexibility index (Phi) is 1.94. The minimum atomic E-state index is 0.734. The third-order valence-electron chi connectivity index (χ3n) is 2.57. The van der Waals surface area contributed by atoms with Crippen molar-refractivity contribution in [1.82, 2.24) is 0 Å². The predicted octanol–water partition coefficient (Wildman–Crippen LogP) is 2.25. The largest absolute Gasteiger partial charge is 0.170 e. The van der Waals surface area contributed by atoms with E-state index in [4.69, 9.17) is 0 Å². The number of hydrogen-bond acceptors (Lipinski definition) is 1. The monoisotopic (exact) mass is 175 g/mol. The maximum atomic E-state index is 2.49. The lowest BCUT2D eigenvalue weighted by Gasteiger charge is -2.26. The molecule has 0 nitrogen and oxygen atoms in total. The Labute approximate surface area is 70.5 Å². The summed E-state index contributed by atoms with van der Waals surface area (Å²) in [4.78, 5) is 0. The van der Waals surface area contributed by atoms with Crippen LogP contribution in [0.25, 0.3) is 0 Å². The summed E-state index contributed by atoms with van der Waals surface area (Å²) in [6, 6.07) is 0. The summed E-state index contributed by atoms with van der Waals surface area (Å²) in [6.07, 6.45) is 4.50. The zero-order chi connectivity index (χ0) is 7.03. The molecule has 0 aromatic rings. The molecule has 0 amide bonds. The van der Waals surface area contributed by atoms with Gasteiger partial charge in [0.1, 0.15) is 11.5 Å². The minimum Gasteiger partial charge on any atom is -0.102 e. The predicted molar refractivity (Wildman–Crippen MR) is 51.8 cm³/mol. The smallest absolute Gasteiger partial charge is 0.102 e. The molecule has 0 aromatic heterocycles. The quantitative estimate of drug-likeness (QED) is 0.509. The van der Waals surface area contributed by atoms with Crippen LogP contribution >= 0.6 is 11.8 Å². The molecule has 0 aliphatic carbocycles. The van der Waals surface area contributed by atoms with Gasteiger partial charge < -0.3 is 0 Å². The Morgan fingerprint density at radius 3 is 2.90 bits per heavy atom. The molecular formula is C8H15S2+. The van der Waals surface area contributed by atoms with Gasteiger partial charge in [0.05, 0.1) is 0 Å². The van der Waals surface area contributed by atoms with Gasteiger partial charge in [0, 0.05) is 29.5 Å². The summed E-state index contributed by atoms with van der Waals surface area (Å²) in [5, 5.41) is 0. The van der Waals surface area contributed by atoms with Crippen molar-refractivity contribution in [1.29, 1.82) is 0 Å². The first kappa shape index (κ1) is 7.35. The van der Waals surface area contributed by atoms with Crippen molar-refractivity contribution in [2.24, 2.45) is 0 Å². The van der Waals surface area contributed by atoms with Crippen molar-refractivity contribution < 1.29 is 0 Å². The van der Waals surface area contributed by atoms with Crippen LogP contribution in [0.4, 0.5) is 0 Å². The molecule has 2 atom stereocenters. The van der Waals surface area contributed by atoms with Gasteiger partial charge in [0.25, 0.3) is 0 Å². The molecule has 0 aromatic carbocycles. The van der Waals surface area contributed by atoms with Gasteiger partial charge in [-0.3, -0.25) is 0 Å². The van der Waals surface area contributed by atoms with Crippen molar-refractivity contribution in [2.45, 2.75) is 30.3 Å². The molecule has 0 radical (unpaired) electrons. The molecule has 0 N–H and O–H groups in total. The Morgan fingerprint density at radius 1 is 1.30 bits per heavy atom. The molecule has 2 fully saturated rings. The summed E-state index contributed by atoms with van der Waals surface area (Å²) < 4.78 is 0.734. The van der Waals surface area contributed by atoms with Crippen molar-refractivity contribution in [3.8, 4) is 0 Å². The van der Waals surface area contributed by atoms with Gasteiger partial charge in [0.15, 0.2) is 4.08 Å². The van der Waals surface area contributed by atoms with Gasteiger partial charge in [-0.15, -0.1) is 11.8 Å². The number of fused-ring (bicyclic) bond motifs is 1. The molecular weight excluding hydrogens is 160 g/mol. The molecule has 2 heterocycles. The highest BCUT2D eigenvalue weighted by Gasteiger charge is 2.49. The SMILES string of the molecule is CC12CCC[S+]1CCCS2. The van der Waals surface area contributed by atoms with Crippen LogP contribution in [-0.4, -0.2) is 21.3 Å². The lowest BCUT2D eigenvalue weighted by molar-refractivity contribution is 0.786. The van der Waals surface area contributed by atoms with Gasteiger partial charge in [-0.1, -0.05) is 0 Å². The zero-order valence-electron chi connectivity index (χ0n) is 6.56. The third kappa shape index (κ3) is 1.10. The van der Waals surface area contributed by atoms with Crippen LogP contribution in [0.15, 0.2) is 0 Å². The topological polar surface area (TPSA) is 0 Å². The average Bonchev–Trinajstić information content (AvgIpc) is 2.29. The fourth-order valence-electron chi connectivity index (χ4n) is 1.92. The van der Waals surface area contributed by atoms with Gasteiger partial charge in [0.2, 0.25) is 0 Å². The molecule has 2 unspecified atom stereocenters. The maximum Gasteiger partial charge on any atom is 0.170 e. The van der Waals surface area contributed by atoms with Crippen molar-refractivity contribution >= 4 is 22.7 Å². The van der Waals surface area contributed by atoms with E-state index in [9.17, 15) is 0 Å². The summed E-state index contributed by atoms with van der Waals surface area (Å²) >= 11 is 2.25. The highest BCUT2D eigenvalue weighted by atomic mass is 32.2. The lowest BCUT2D eigenvalue weighted by atomic mass is 10.3. The van der Waals surface area contributed by atoms with E-state index in [0.717, 1.165) is 15.0 Å². The number of hydrogen-bond donors (Lipinski definition) is 0. The van der Waals surface area contributed by atoms with E-state index < -0.39 is 0 Å². The standard InChI is InChI=1S/C8H15S2/c1-8-4-2-6-10(8)7-3-5-9-8/h2-7H2,1H3/q+1. The van der Waals surface area contributed by atoms with Crippen molar-refractivity contribution in [3.05, 3.63) is 0 Å². The second-order valence-corrected chi connectivity index (χ2v) is 7.90. The molecule has 2 rings (SSSR count). The molecule has 0 bridgehead atoms. The summed E-state index contributed by atoms with van der Waals surface area (Å²) in [7, 11) is 0.812. The van der Waals surface area contributed by atoms with E-state index in [2.05, 4.69) is 18.7 Å². The zero-order valence-corrected chi connectivity index (χ0v) is 8.19. The van der Waals surface area contributed by atoms with Crippen LogP contribution in [0.3, 0.4) is 0 Å². The van der Waals surface area contributed by atoms with Crippen LogP contribution in [-0.2, 0) is 10.9 Å². The maximum absolute atomic E-state index is 2.49. The van der Waals surface area contributed by atoms with Gasteiger partial charge in [-0.05, 0) is 13.3 Å². The molecule has 2 saturated heterocycles. The van der Waals surface area contributed by atoms with Crippen LogP contribution in [0.1, 0.15) is 26.2 Å². The normalized spacial score (nSPS) is 47.1. The highest BCUT2D eigenvalue weighted by molar-refractivity contribution is 8.17. The third-order valence-corrected chi connectivity index (χ3v) is 7.93. The highest BCUT2D eigenvalue weighted by Crippen LogP contribution is 2.46. The number of thioether (sulfide) groups is 1. The van der Waals surface area contributed by atoms with Crippen molar-refractivity contribution in [2.75, 3.05) is 17.3 Å². The fourth-order valence-corrected chi connectivity index (χ4v) is 7.02. The van der Waals surface area contributed by atoms with E-state index in [-0.39, 0.29) is 0 Å². The molecule has 10 heavy (non-hydrogen) atoms. The second-order valence-electron chi connectivity index (χ2n) is 3.34. The van der Waals surface area contributed by atoms with E-state index in [0.29, 0.717) is 0 Å². The van der Waals surface area contributed by atoms with Gasteiger partial charge in [-0.25, -0.2) is 0 Å². The van der Waals surface area contributed by atoms with Crippen LogP contribution < -0.4 is 0 Å². The van der Waals surface area contributed by atoms with E-state index >= 15 is 0 Å². The Balaban J connectivity index is 2.10. The van der Waals surface area contributed by atoms with Crippen LogP contribution in [0.2, 0.25) is 0 Å². The summed E-state index contributed by atoms with van der Waals surface area (Å²) in [5.74, 6) is 4.52. The molecule has 2 aliphatic heterocycles. The first-order chi connectivity index (χ1) is 4.81. The van der Waals surface area contributed by atoms with E-state index in [1.165, 1.54) is 25.0 Å². The fraction of sp³-hybridized carbons (Fsp3) is 1.00. The average molecular weight is 175 g/mol. The first-order valence-electron chi connectivity index (χ1n) is 4.13. The van der Waals surface area contributed by atoms with Crippen LogP contribution in [0, 0.1) is 0 Å². The summed E-state index contributed by atoms with van der Waals surface area (Å²) in [5.41, 5.74) is 0. The van der Waals surface area contributed by atoms with Crippen molar-refractivity contribution in [3.63, 3.8) is 0 Å².